The van der Waals surface area contributed by atoms with Gasteiger partial charge in [0.2, 0.25) is 0 Å². The maximum absolute atomic E-state index is 12.4. The molecule has 0 radical (unpaired) electrons. The Balaban J connectivity index is 2.25. The van der Waals surface area contributed by atoms with Crippen molar-refractivity contribution in [3.63, 3.8) is 0 Å². The van der Waals surface area contributed by atoms with Crippen molar-refractivity contribution in [3.05, 3.63) is 149 Å². The number of hydrogen-bond donors (Lipinski definition) is 0. The van der Waals surface area contributed by atoms with E-state index in [1.54, 1.807) is 55.5 Å². The molecule has 0 saturated heterocycles. The summed E-state index contributed by atoms with van der Waals surface area (Å²) in [6, 6.07) is 17.9. The molecule has 0 spiro atoms. The maximum atomic E-state index is 12.4. The molecule has 0 aliphatic heterocycles. The summed E-state index contributed by atoms with van der Waals surface area (Å²) in [5, 5.41) is 0. The normalized spacial score (nSPS) is 10.3. The third kappa shape index (κ3) is 12.6. The van der Waals surface area contributed by atoms with Gasteiger partial charge >= 0.3 is 29.8 Å². The molecule has 11 nitrogen and oxygen atoms in total. The highest BCUT2D eigenvalue weighted by Gasteiger charge is 2.19. The summed E-state index contributed by atoms with van der Waals surface area (Å²) in [6.07, 6.45) is 0. The number of rotatable bonds is 18. The Bertz CT molecular complexity index is 1800. The van der Waals surface area contributed by atoms with Gasteiger partial charge in [0.25, 0.3) is 0 Å². The first-order valence-corrected chi connectivity index (χ1v) is 16.7. The van der Waals surface area contributed by atoms with Crippen LogP contribution in [0.2, 0.25) is 0 Å². The first kappa shape index (κ1) is 41.9. The van der Waals surface area contributed by atoms with Gasteiger partial charge < -0.3 is 28.6 Å². The van der Waals surface area contributed by atoms with Crippen molar-refractivity contribution in [2.24, 2.45) is 0 Å². The molecule has 0 amide bonds. The van der Waals surface area contributed by atoms with Crippen molar-refractivity contribution < 1.29 is 47.7 Å². The Morgan fingerprint density at radius 3 is 0.870 bits per heavy atom. The minimum Gasteiger partial charge on any atom is -0.457 e. The van der Waals surface area contributed by atoms with Gasteiger partial charge in [-0.25, -0.2) is 24.0 Å². The van der Waals surface area contributed by atoms with E-state index in [1.807, 2.05) is 17.0 Å². The van der Waals surface area contributed by atoms with Gasteiger partial charge in [-0.1, -0.05) is 45.0 Å². The molecule has 0 unspecified atom stereocenters. The van der Waals surface area contributed by atoms with E-state index >= 15 is 0 Å². The van der Waals surface area contributed by atoms with E-state index in [9.17, 15) is 24.0 Å². The lowest BCUT2D eigenvalue weighted by atomic mass is 10.0. The van der Waals surface area contributed by atoms with Gasteiger partial charge in [0.15, 0.2) is 0 Å². The Morgan fingerprint density at radius 2 is 0.630 bits per heavy atom. The summed E-state index contributed by atoms with van der Waals surface area (Å²) in [5.41, 5.74) is 5.89. The Morgan fingerprint density at radius 1 is 0.389 bits per heavy atom. The molecule has 0 saturated carbocycles. The van der Waals surface area contributed by atoms with Crippen LogP contribution in [0.4, 0.5) is 17.1 Å². The van der Waals surface area contributed by atoms with E-state index in [1.165, 1.54) is 27.7 Å². The minimum atomic E-state index is -0.582. The molecule has 282 valence electrons. The van der Waals surface area contributed by atoms with Crippen molar-refractivity contribution in [1.29, 1.82) is 0 Å². The van der Waals surface area contributed by atoms with E-state index in [0.29, 0.717) is 44.9 Å². The Hall–Kier alpha value is -6.49. The first-order chi connectivity index (χ1) is 25.4. The van der Waals surface area contributed by atoms with Crippen LogP contribution in [0.3, 0.4) is 0 Å². The lowest BCUT2D eigenvalue weighted by Crippen LogP contribution is -2.14. The molecule has 0 aromatic heterocycles. The minimum absolute atomic E-state index is 0.00951. The number of benzene rings is 3. The van der Waals surface area contributed by atoms with Gasteiger partial charge in [-0.05, 0) is 111 Å². The van der Waals surface area contributed by atoms with Crippen molar-refractivity contribution >= 4 is 46.9 Å². The predicted molar refractivity (Wildman–Crippen MR) is 204 cm³/mol. The van der Waals surface area contributed by atoms with Crippen LogP contribution in [0, 0.1) is 0 Å². The standard InChI is InChI=1S/C43H45NO10/c1-26(2)39(45)50-21-31-11-13-36(14-12-31)44(37-17-32(22-51-40(46)27(3)4)15-33(18-37)23-52-41(47)28(5)6)38-19-34(24-53-42(48)29(7)8)16-35(20-38)25-54-43(49)30(9)10/h11-20H,1,3,5,7,9,21-25H2,2,4,6,8,10H3. The number of nitrogens with zero attached hydrogens (tertiary/aromatic N) is 1. The molecule has 0 N–H and O–H groups in total. The fraction of sp³-hybridized carbons (Fsp3) is 0.233. The molecular formula is C43H45NO10. The second kappa shape index (κ2) is 19.4. The number of esters is 5. The lowest BCUT2D eigenvalue weighted by Gasteiger charge is -2.28. The molecule has 3 aromatic rings. The summed E-state index contributed by atoms with van der Waals surface area (Å²) in [7, 11) is 0. The van der Waals surface area contributed by atoms with Gasteiger partial charge in [0.05, 0.1) is 0 Å². The molecule has 0 aliphatic rings. The fourth-order valence-electron chi connectivity index (χ4n) is 4.63. The van der Waals surface area contributed by atoms with Crippen LogP contribution < -0.4 is 4.90 Å². The monoisotopic (exact) mass is 735 g/mol. The van der Waals surface area contributed by atoms with Crippen molar-refractivity contribution in [2.45, 2.75) is 67.7 Å². The highest BCUT2D eigenvalue weighted by molar-refractivity contribution is 5.89. The second-order valence-corrected chi connectivity index (χ2v) is 12.8. The van der Waals surface area contributed by atoms with Gasteiger partial charge in [0, 0.05) is 44.9 Å². The number of carbonyl (C=O) groups excluding carboxylic acids is 5. The van der Waals surface area contributed by atoms with Gasteiger partial charge in [-0.3, -0.25) is 0 Å². The summed E-state index contributed by atoms with van der Waals surface area (Å²) in [4.78, 5) is 63.4. The van der Waals surface area contributed by atoms with Crippen molar-refractivity contribution in [3.8, 4) is 0 Å². The third-order valence-corrected chi connectivity index (χ3v) is 7.38. The zero-order chi connectivity index (χ0) is 40.1. The fourth-order valence-corrected chi connectivity index (χ4v) is 4.63. The molecule has 0 heterocycles. The second-order valence-electron chi connectivity index (χ2n) is 12.8. The van der Waals surface area contributed by atoms with E-state index < -0.39 is 29.8 Å². The first-order valence-electron chi connectivity index (χ1n) is 16.7. The molecule has 3 rings (SSSR count). The average molecular weight is 736 g/mol. The van der Waals surface area contributed by atoms with Crippen LogP contribution in [0.15, 0.2) is 121 Å². The van der Waals surface area contributed by atoms with Gasteiger partial charge in [-0.15, -0.1) is 0 Å². The van der Waals surface area contributed by atoms with Crippen LogP contribution in [-0.2, 0) is 80.7 Å². The molecule has 54 heavy (non-hydrogen) atoms. The molecule has 0 bridgehead atoms. The molecule has 0 fully saturated rings. The molecule has 0 aliphatic carbocycles. The molecular weight excluding hydrogens is 690 g/mol. The van der Waals surface area contributed by atoms with E-state index in [4.69, 9.17) is 23.7 Å². The van der Waals surface area contributed by atoms with Gasteiger partial charge in [-0.2, -0.15) is 0 Å². The van der Waals surface area contributed by atoms with Crippen LogP contribution >= 0.6 is 0 Å². The van der Waals surface area contributed by atoms with Gasteiger partial charge in [0.1, 0.15) is 33.0 Å². The topological polar surface area (TPSA) is 135 Å². The number of anilines is 3. The van der Waals surface area contributed by atoms with Crippen LogP contribution in [0.25, 0.3) is 0 Å². The summed E-state index contributed by atoms with van der Waals surface area (Å²) < 4.78 is 27.3. The Kier molecular flexibility index (Phi) is 15.0. The highest BCUT2D eigenvalue weighted by Crippen LogP contribution is 2.37. The third-order valence-electron chi connectivity index (χ3n) is 7.38. The predicted octanol–water partition coefficient (Wildman–Crippen LogP) is 8.25. The van der Waals surface area contributed by atoms with Crippen molar-refractivity contribution in [1.82, 2.24) is 0 Å². The largest absolute Gasteiger partial charge is 0.457 e. The van der Waals surface area contributed by atoms with Crippen LogP contribution in [0.5, 0.6) is 0 Å². The summed E-state index contributed by atoms with van der Waals surface area (Å²) in [5.74, 6) is -2.85. The quantitative estimate of drug-likeness (QED) is 0.0710. The number of ether oxygens (including phenoxy) is 5. The van der Waals surface area contributed by atoms with Crippen molar-refractivity contribution in [2.75, 3.05) is 4.90 Å². The smallest absolute Gasteiger partial charge is 0.333 e. The maximum Gasteiger partial charge on any atom is 0.333 e. The van der Waals surface area contributed by atoms with E-state index in [2.05, 4.69) is 32.9 Å². The van der Waals surface area contributed by atoms with E-state index in [0.717, 1.165) is 0 Å². The number of hydrogen-bond acceptors (Lipinski definition) is 11. The SMILES string of the molecule is C=C(C)C(=O)OCc1ccc(N(c2cc(COC(=O)C(=C)C)cc(COC(=O)C(=C)C)c2)c2cc(COC(=O)C(=C)C)cc(COC(=O)C(=C)C)c2)cc1. The van der Waals surface area contributed by atoms with Crippen LogP contribution in [-0.4, -0.2) is 29.8 Å². The number of carbonyl (C=O) groups is 5. The zero-order valence-corrected chi connectivity index (χ0v) is 31.4. The Labute approximate surface area is 315 Å². The molecule has 11 heteroatoms. The lowest BCUT2D eigenvalue weighted by molar-refractivity contribution is -0.141. The average Bonchev–Trinajstić information content (AvgIpc) is 3.13. The molecule has 0 atom stereocenters. The zero-order valence-electron chi connectivity index (χ0n) is 31.4. The van der Waals surface area contributed by atoms with Crippen LogP contribution in [0.1, 0.15) is 62.4 Å². The highest BCUT2D eigenvalue weighted by atomic mass is 16.5. The van der Waals surface area contributed by atoms with E-state index in [-0.39, 0.29) is 60.9 Å². The molecule has 3 aromatic carbocycles. The summed E-state index contributed by atoms with van der Waals surface area (Å²) in [6.45, 7) is 25.4. The summed E-state index contributed by atoms with van der Waals surface area (Å²) >= 11 is 0.